The van der Waals surface area contributed by atoms with Crippen LogP contribution in [0.2, 0.25) is 0 Å². The fourth-order valence-corrected chi connectivity index (χ4v) is 3.31. The van der Waals surface area contributed by atoms with Crippen molar-refractivity contribution in [3.05, 3.63) is 36.1 Å². The second-order valence-corrected chi connectivity index (χ2v) is 5.44. The number of carbonyl (C=O) groups excluding carboxylic acids is 1. The Morgan fingerprint density at radius 3 is 2.95 bits per heavy atom. The first kappa shape index (κ1) is 11.2. The maximum Gasteiger partial charge on any atom is 0.288 e. The molecule has 0 bridgehead atoms. The van der Waals surface area contributed by atoms with Gasteiger partial charge in [-0.3, -0.25) is 4.79 Å². The van der Waals surface area contributed by atoms with Gasteiger partial charge in [-0.05, 0) is 12.1 Å². The number of nitrogens with zero attached hydrogens (tertiary/aromatic N) is 1. The predicted molar refractivity (Wildman–Crippen MR) is 77.1 cm³/mol. The number of primary amides is 1. The molecule has 0 aliphatic rings. The molecule has 0 atom stereocenters. The quantitative estimate of drug-likeness (QED) is 0.562. The number of benzene rings is 1. The zero-order chi connectivity index (χ0) is 13.9. The van der Waals surface area contributed by atoms with Crippen molar-refractivity contribution in [2.45, 2.75) is 0 Å². The molecule has 6 heteroatoms. The van der Waals surface area contributed by atoms with E-state index in [9.17, 15) is 9.90 Å². The molecule has 3 aromatic heterocycles. The van der Waals surface area contributed by atoms with E-state index in [1.165, 1.54) is 11.3 Å². The van der Waals surface area contributed by atoms with Crippen LogP contribution >= 0.6 is 11.3 Å². The first-order chi connectivity index (χ1) is 9.65. The van der Waals surface area contributed by atoms with Crippen LogP contribution in [0.3, 0.4) is 0 Å². The monoisotopic (exact) mass is 284 g/mol. The topological polar surface area (TPSA) is 89.4 Å². The fraction of sp³-hybridized carbons (Fsp3) is 0. The van der Waals surface area contributed by atoms with Gasteiger partial charge in [0.05, 0.1) is 10.9 Å². The van der Waals surface area contributed by atoms with E-state index >= 15 is 0 Å². The van der Waals surface area contributed by atoms with Gasteiger partial charge in [-0.25, -0.2) is 4.98 Å². The number of para-hydroxylation sites is 1. The van der Waals surface area contributed by atoms with Crippen LogP contribution in [-0.4, -0.2) is 16.0 Å². The highest BCUT2D eigenvalue weighted by Crippen LogP contribution is 2.42. The van der Waals surface area contributed by atoms with Gasteiger partial charge >= 0.3 is 0 Å². The Morgan fingerprint density at radius 1 is 1.35 bits per heavy atom. The number of nitrogens with two attached hydrogens (primary N) is 1. The minimum absolute atomic E-state index is 0.207. The summed E-state index contributed by atoms with van der Waals surface area (Å²) < 4.78 is 5.91. The van der Waals surface area contributed by atoms with Crippen molar-refractivity contribution in [1.29, 1.82) is 0 Å². The Kier molecular flexibility index (Phi) is 2.08. The number of pyridine rings is 1. The number of thiophene rings is 1. The third-order valence-electron chi connectivity index (χ3n) is 3.20. The Labute approximate surface area is 116 Å². The molecule has 3 heterocycles. The standard InChI is InChI=1S/C14H8N2O3S/c15-13(18)11-9(17)12-10(19-11)7-5-6-3-1-2-4-8(6)16-14(7)20-12/h1-5,17H,(H2,15,18). The van der Waals surface area contributed by atoms with Gasteiger partial charge in [0, 0.05) is 5.39 Å². The van der Waals surface area contributed by atoms with Gasteiger partial charge < -0.3 is 15.3 Å². The number of amides is 1. The minimum atomic E-state index is -0.784. The van der Waals surface area contributed by atoms with Crippen molar-refractivity contribution in [1.82, 2.24) is 4.98 Å². The summed E-state index contributed by atoms with van der Waals surface area (Å²) in [7, 11) is 0. The lowest BCUT2D eigenvalue weighted by Crippen LogP contribution is -2.09. The molecular formula is C14H8N2O3S. The molecule has 0 unspecified atom stereocenters. The molecule has 20 heavy (non-hydrogen) atoms. The summed E-state index contributed by atoms with van der Waals surface area (Å²) in [6.07, 6.45) is 0. The van der Waals surface area contributed by atoms with E-state index < -0.39 is 5.91 Å². The second kappa shape index (κ2) is 3.71. The summed E-state index contributed by atoms with van der Waals surface area (Å²) in [6.45, 7) is 0. The Hall–Kier alpha value is -2.60. The number of rotatable bonds is 1. The molecule has 4 rings (SSSR count). The van der Waals surface area contributed by atoms with Crippen molar-refractivity contribution in [2.24, 2.45) is 5.73 Å². The number of hydrogen-bond donors (Lipinski definition) is 2. The Balaban J connectivity index is 2.17. The molecule has 5 nitrogen and oxygen atoms in total. The molecule has 0 radical (unpaired) electrons. The molecule has 0 saturated heterocycles. The minimum Gasteiger partial charge on any atom is -0.503 e. The van der Waals surface area contributed by atoms with Crippen molar-refractivity contribution >= 4 is 48.6 Å². The fourth-order valence-electron chi connectivity index (χ4n) is 2.28. The van der Waals surface area contributed by atoms with Gasteiger partial charge in [-0.1, -0.05) is 18.2 Å². The lowest BCUT2D eigenvalue weighted by molar-refractivity contribution is 0.0972. The normalized spacial score (nSPS) is 11.6. The Bertz CT molecular complexity index is 1000. The van der Waals surface area contributed by atoms with Gasteiger partial charge in [0.2, 0.25) is 5.76 Å². The van der Waals surface area contributed by atoms with E-state index in [1.54, 1.807) is 0 Å². The average molecular weight is 284 g/mol. The zero-order valence-electron chi connectivity index (χ0n) is 10.1. The van der Waals surface area contributed by atoms with Crippen LogP contribution in [0.1, 0.15) is 10.6 Å². The van der Waals surface area contributed by atoms with Crippen LogP contribution < -0.4 is 5.73 Å². The van der Waals surface area contributed by atoms with Gasteiger partial charge in [-0.15, -0.1) is 11.3 Å². The summed E-state index contributed by atoms with van der Waals surface area (Å²) in [5.41, 5.74) is 6.50. The molecule has 98 valence electrons. The summed E-state index contributed by atoms with van der Waals surface area (Å²) in [5.74, 6) is -1.20. The van der Waals surface area contributed by atoms with Crippen LogP contribution in [-0.2, 0) is 0 Å². The van der Waals surface area contributed by atoms with Crippen molar-refractivity contribution in [3.8, 4) is 5.75 Å². The maximum absolute atomic E-state index is 11.2. The van der Waals surface area contributed by atoms with Crippen LogP contribution in [0.25, 0.3) is 31.4 Å². The first-order valence-corrected chi connectivity index (χ1v) is 6.70. The SMILES string of the molecule is NC(=O)c1oc2c(sc3nc4ccccc4cc32)c1O. The van der Waals surface area contributed by atoms with E-state index in [1.807, 2.05) is 30.3 Å². The van der Waals surface area contributed by atoms with Crippen molar-refractivity contribution < 1.29 is 14.3 Å². The van der Waals surface area contributed by atoms with Gasteiger partial charge in [0.1, 0.15) is 9.53 Å². The molecule has 0 aliphatic heterocycles. The lowest BCUT2D eigenvalue weighted by atomic mass is 10.2. The highest BCUT2D eigenvalue weighted by molar-refractivity contribution is 7.25. The third-order valence-corrected chi connectivity index (χ3v) is 4.28. The van der Waals surface area contributed by atoms with Gasteiger partial charge in [0.15, 0.2) is 11.3 Å². The van der Waals surface area contributed by atoms with Crippen LogP contribution in [0.5, 0.6) is 5.75 Å². The third kappa shape index (κ3) is 1.36. The smallest absolute Gasteiger partial charge is 0.288 e. The predicted octanol–water partition coefficient (Wildman–Crippen LogP) is 3.00. The van der Waals surface area contributed by atoms with E-state index in [-0.39, 0.29) is 11.5 Å². The number of hydrogen-bond acceptors (Lipinski definition) is 5. The summed E-state index contributed by atoms with van der Waals surface area (Å²) in [4.78, 5) is 16.5. The van der Waals surface area contributed by atoms with Crippen LogP contribution in [0.15, 0.2) is 34.7 Å². The molecule has 0 spiro atoms. The number of aromatic nitrogens is 1. The average Bonchev–Trinajstić information content (AvgIpc) is 2.94. The largest absolute Gasteiger partial charge is 0.503 e. The number of carbonyl (C=O) groups is 1. The Morgan fingerprint density at radius 2 is 2.15 bits per heavy atom. The number of aromatic hydroxyl groups is 1. The van der Waals surface area contributed by atoms with Crippen molar-refractivity contribution in [2.75, 3.05) is 0 Å². The first-order valence-electron chi connectivity index (χ1n) is 5.88. The summed E-state index contributed by atoms with van der Waals surface area (Å²) in [6, 6.07) is 9.65. The van der Waals surface area contributed by atoms with E-state index in [0.29, 0.717) is 10.3 Å². The molecule has 3 N–H and O–H groups in total. The highest BCUT2D eigenvalue weighted by atomic mass is 32.1. The highest BCUT2D eigenvalue weighted by Gasteiger charge is 2.22. The van der Waals surface area contributed by atoms with Crippen LogP contribution in [0, 0.1) is 0 Å². The zero-order valence-corrected chi connectivity index (χ0v) is 10.9. The number of fused-ring (bicyclic) bond motifs is 4. The lowest BCUT2D eigenvalue weighted by Gasteiger charge is -1.96. The van der Waals surface area contributed by atoms with Crippen molar-refractivity contribution in [3.63, 3.8) is 0 Å². The molecule has 0 saturated carbocycles. The molecule has 0 fully saturated rings. The molecule has 1 aromatic carbocycles. The molecule has 0 aliphatic carbocycles. The van der Waals surface area contributed by atoms with E-state index in [4.69, 9.17) is 10.2 Å². The maximum atomic E-state index is 11.2. The number of furan rings is 1. The summed E-state index contributed by atoms with van der Waals surface area (Å²) in [5, 5.41) is 11.7. The molecular weight excluding hydrogens is 276 g/mol. The van der Waals surface area contributed by atoms with Gasteiger partial charge in [-0.2, -0.15) is 0 Å². The second-order valence-electron chi connectivity index (χ2n) is 4.44. The van der Waals surface area contributed by atoms with Gasteiger partial charge in [0.25, 0.3) is 5.91 Å². The van der Waals surface area contributed by atoms with E-state index in [0.717, 1.165) is 21.1 Å². The summed E-state index contributed by atoms with van der Waals surface area (Å²) >= 11 is 1.28. The molecule has 4 aromatic rings. The van der Waals surface area contributed by atoms with Crippen LogP contribution in [0.4, 0.5) is 0 Å². The molecule has 1 amide bonds. The van der Waals surface area contributed by atoms with E-state index in [2.05, 4.69) is 4.98 Å².